The molecule has 0 fully saturated rings. The van der Waals surface area contributed by atoms with Crippen LogP contribution in [0.25, 0.3) is 0 Å². The summed E-state index contributed by atoms with van der Waals surface area (Å²) in [5.74, 6) is 1.96. The Morgan fingerprint density at radius 1 is 1.61 bits per heavy atom. The lowest BCUT2D eigenvalue weighted by Crippen LogP contribution is -2.33. The second kappa shape index (κ2) is 6.79. The molecule has 1 rings (SSSR count). The Balaban J connectivity index is 2.68. The molecule has 1 N–H and O–H groups in total. The van der Waals surface area contributed by atoms with Gasteiger partial charge in [0.05, 0.1) is 6.33 Å². The Hall–Kier alpha value is -0.240. The molecule has 0 amide bonds. The maximum Gasteiger partial charge on any atom is 0.261 e. The van der Waals surface area contributed by atoms with E-state index < -0.39 is 10.0 Å². The number of rotatable bonds is 7. The first-order valence-corrected chi connectivity index (χ1v) is 8.67. The van der Waals surface area contributed by atoms with Crippen LogP contribution in [-0.2, 0) is 17.1 Å². The average molecular weight is 312 g/mol. The zero-order valence-corrected chi connectivity index (χ0v) is 13.1. The molecule has 1 unspecified atom stereocenters. The number of sulfonamides is 1. The zero-order chi connectivity index (χ0) is 13.8. The van der Waals surface area contributed by atoms with Gasteiger partial charge in [-0.05, 0) is 24.9 Å². The third-order valence-electron chi connectivity index (χ3n) is 2.34. The highest BCUT2D eigenvalue weighted by atomic mass is 35.5. The Morgan fingerprint density at radius 2 is 2.28 bits per heavy atom. The number of aromatic nitrogens is 2. The molecule has 0 aliphatic rings. The monoisotopic (exact) mass is 311 g/mol. The Morgan fingerprint density at radius 3 is 2.78 bits per heavy atom. The highest BCUT2D eigenvalue weighted by molar-refractivity contribution is 7.99. The fourth-order valence-electron chi connectivity index (χ4n) is 1.36. The molecular formula is C10H18ClN3O2S2. The first-order valence-electron chi connectivity index (χ1n) is 5.65. The molecule has 0 aliphatic heterocycles. The van der Waals surface area contributed by atoms with E-state index in [1.165, 1.54) is 10.9 Å². The number of thioether (sulfide) groups is 1. The second-order valence-corrected chi connectivity index (χ2v) is 7.34. The summed E-state index contributed by atoms with van der Waals surface area (Å²) in [5, 5.41) is 0.0132. The van der Waals surface area contributed by atoms with Crippen molar-refractivity contribution in [1.29, 1.82) is 0 Å². The number of halogens is 1. The van der Waals surface area contributed by atoms with Gasteiger partial charge in [-0.1, -0.05) is 18.5 Å². The lowest BCUT2D eigenvalue weighted by atomic mass is 10.3. The number of hydrogen-bond acceptors (Lipinski definition) is 4. The van der Waals surface area contributed by atoms with E-state index in [0.29, 0.717) is 0 Å². The number of nitrogens with one attached hydrogen (secondary N) is 1. The molecule has 0 aromatic carbocycles. The molecule has 5 nitrogen and oxygen atoms in total. The first-order chi connectivity index (χ1) is 8.38. The molecule has 0 radical (unpaired) electrons. The number of aryl methyl sites for hydroxylation is 1. The second-order valence-electron chi connectivity index (χ2n) is 3.96. The van der Waals surface area contributed by atoms with Gasteiger partial charge >= 0.3 is 0 Å². The summed E-state index contributed by atoms with van der Waals surface area (Å²) in [6.45, 7) is 3.91. The predicted octanol–water partition coefficient (Wildman–Crippen LogP) is 1.88. The smallest absolute Gasteiger partial charge is 0.261 e. The highest BCUT2D eigenvalue weighted by Gasteiger charge is 2.23. The molecule has 1 atom stereocenters. The van der Waals surface area contributed by atoms with Crippen LogP contribution in [0.4, 0.5) is 0 Å². The van der Waals surface area contributed by atoms with Crippen molar-refractivity contribution in [1.82, 2.24) is 14.3 Å². The van der Waals surface area contributed by atoms with Gasteiger partial charge in [-0.2, -0.15) is 11.8 Å². The van der Waals surface area contributed by atoms with Crippen LogP contribution in [0.5, 0.6) is 0 Å². The summed E-state index contributed by atoms with van der Waals surface area (Å²) in [6, 6.07) is -0.132. The minimum atomic E-state index is -3.63. The van der Waals surface area contributed by atoms with E-state index >= 15 is 0 Å². The van der Waals surface area contributed by atoms with Gasteiger partial charge in [-0.15, -0.1) is 0 Å². The molecule has 1 heterocycles. The zero-order valence-electron chi connectivity index (χ0n) is 10.7. The Bertz CT molecular complexity index is 487. The maximum absolute atomic E-state index is 12.0. The molecule has 18 heavy (non-hydrogen) atoms. The molecule has 0 saturated carbocycles. The Labute approximate surface area is 117 Å². The van der Waals surface area contributed by atoms with Crippen LogP contribution in [-0.4, -0.2) is 35.5 Å². The summed E-state index contributed by atoms with van der Waals surface area (Å²) < 4.78 is 28.1. The van der Waals surface area contributed by atoms with Gasteiger partial charge in [-0.3, -0.25) is 0 Å². The van der Waals surface area contributed by atoms with Crippen LogP contribution >= 0.6 is 23.4 Å². The molecule has 104 valence electrons. The van der Waals surface area contributed by atoms with E-state index in [-0.39, 0.29) is 16.2 Å². The summed E-state index contributed by atoms with van der Waals surface area (Å²) in [4.78, 5) is 3.81. The van der Waals surface area contributed by atoms with Crippen molar-refractivity contribution >= 4 is 33.4 Å². The van der Waals surface area contributed by atoms with E-state index in [1.54, 1.807) is 18.8 Å². The van der Waals surface area contributed by atoms with Crippen molar-refractivity contribution in [3.8, 4) is 0 Å². The summed E-state index contributed by atoms with van der Waals surface area (Å²) in [5.41, 5.74) is 0. The molecule has 8 heteroatoms. The highest BCUT2D eigenvalue weighted by Crippen LogP contribution is 2.19. The molecule has 0 aliphatic carbocycles. The maximum atomic E-state index is 12.0. The van der Waals surface area contributed by atoms with Crippen LogP contribution in [0.3, 0.4) is 0 Å². The largest absolute Gasteiger partial charge is 0.324 e. The number of hydrogen-bond donors (Lipinski definition) is 1. The number of nitrogens with zero attached hydrogens (tertiary/aromatic N) is 2. The minimum Gasteiger partial charge on any atom is -0.324 e. The fraction of sp³-hybridized carbons (Fsp3) is 0.700. The standard InChI is InChI=1S/C10H18ClN3O2S2/c1-4-17-6-5-8(2)13-18(15,16)10-9(11)14(3)7-12-10/h7-8,13H,4-6H2,1-3H3. The third kappa shape index (κ3) is 4.15. The SMILES string of the molecule is CCSCCC(C)NS(=O)(=O)c1ncn(C)c1Cl. The lowest BCUT2D eigenvalue weighted by molar-refractivity contribution is 0.554. The molecule has 0 spiro atoms. The van der Waals surface area contributed by atoms with E-state index in [9.17, 15) is 8.42 Å². The first kappa shape index (κ1) is 15.8. The fourth-order valence-corrected chi connectivity index (χ4v) is 3.88. The van der Waals surface area contributed by atoms with Gasteiger partial charge in [0.2, 0.25) is 5.03 Å². The van der Waals surface area contributed by atoms with E-state index in [2.05, 4.69) is 16.6 Å². The van der Waals surface area contributed by atoms with Gasteiger partial charge in [0.15, 0.2) is 0 Å². The molecule has 0 bridgehead atoms. The summed E-state index contributed by atoms with van der Waals surface area (Å²) >= 11 is 7.67. The van der Waals surface area contributed by atoms with Crippen molar-refractivity contribution in [3.05, 3.63) is 11.5 Å². The van der Waals surface area contributed by atoms with Gasteiger partial charge in [-0.25, -0.2) is 18.1 Å². The molecular weight excluding hydrogens is 294 g/mol. The summed E-state index contributed by atoms with van der Waals surface area (Å²) in [7, 11) is -1.98. The molecule has 1 aromatic rings. The van der Waals surface area contributed by atoms with E-state index in [1.807, 2.05) is 6.92 Å². The minimum absolute atomic E-state index is 0.110. The van der Waals surface area contributed by atoms with Crippen LogP contribution in [0.2, 0.25) is 5.15 Å². The number of imidazole rings is 1. The van der Waals surface area contributed by atoms with Crippen LogP contribution < -0.4 is 4.72 Å². The van der Waals surface area contributed by atoms with E-state index in [0.717, 1.165) is 17.9 Å². The molecule has 1 aromatic heterocycles. The van der Waals surface area contributed by atoms with Crippen molar-refractivity contribution in [3.63, 3.8) is 0 Å². The average Bonchev–Trinajstić information content (AvgIpc) is 2.60. The van der Waals surface area contributed by atoms with Crippen molar-refractivity contribution in [2.45, 2.75) is 31.3 Å². The lowest BCUT2D eigenvalue weighted by Gasteiger charge is -2.12. The van der Waals surface area contributed by atoms with Gasteiger partial charge in [0.25, 0.3) is 10.0 Å². The van der Waals surface area contributed by atoms with Gasteiger partial charge in [0, 0.05) is 13.1 Å². The normalized spacial score (nSPS) is 13.8. The van der Waals surface area contributed by atoms with Crippen LogP contribution in [0.1, 0.15) is 20.3 Å². The molecule has 0 saturated heterocycles. The van der Waals surface area contributed by atoms with Gasteiger partial charge in [0.1, 0.15) is 5.15 Å². The van der Waals surface area contributed by atoms with Crippen molar-refractivity contribution in [2.24, 2.45) is 7.05 Å². The predicted molar refractivity (Wildman–Crippen MR) is 75.6 cm³/mol. The van der Waals surface area contributed by atoms with Crippen LogP contribution in [0, 0.1) is 0 Å². The Kier molecular flexibility index (Phi) is 5.97. The van der Waals surface area contributed by atoms with Crippen molar-refractivity contribution in [2.75, 3.05) is 11.5 Å². The van der Waals surface area contributed by atoms with E-state index in [4.69, 9.17) is 11.6 Å². The summed E-state index contributed by atoms with van der Waals surface area (Å²) in [6.07, 6.45) is 2.16. The third-order valence-corrected chi connectivity index (χ3v) is 5.36. The quantitative estimate of drug-likeness (QED) is 0.781. The topological polar surface area (TPSA) is 64.0 Å². The van der Waals surface area contributed by atoms with Crippen molar-refractivity contribution < 1.29 is 8.42 Å². The van der Waals surface area contributed by atoms with Crippen LogP contribution in [0.15, 0.2) is 11.4 Å². The van der Waals surface area contributed by atoms with Gasteiger partial charge < -0.3 is 4.57 Å².